The summed E-state index contributed by atoms with van der Waals surface area (Å²) in [7, 11) is 0. The van der Waals surface area contributed by atoms with Crippen LogP contribution in [0.5, 0.6) is 5.75 Å². The third-order valence-electron chi connectivity index (χ3n) is 4.90. The van der Waals surface area contributed by atoms with Crippen molar-refractivity contribution in [1.82, 2.24) is 10.0 Å². The first kappa shape index (κ1) is 17.5. The van der Waals surface area contributed by atoms with Gasteiger partial charge in [0.2, 0.25) is 11.2 Å². The second-order valence-corrected chi connectivity index (χ2v) is 7.98. The lowest BCUT2D eigenvalue weighted by molar-refractivity contribution is -0.117. The molecule has 8 nitrogen and oxygen atoms in total. The summed E-state index contributed by atoms with van der Waals surface area (Å²) in [6, 6.07) is 1.44. The van der Waals surface area contributed by atoms with Crippen molar-refractivity contribution >= 4 is 28.5 Å². The van der Waals surface area contributed by atoms with E-state index >= 15 is 0 Å². The van der Waals surface area contributed by atoms with E-state index in [0.717, 1.165) is 30.5 Å². The molecule has 3 aliphatic heterocycles. The highest BCUT2D eigenvalue weighted by Crippen LogP contribution is 2.41. The monoisotopic (exact) mass is 384 g/mol. The molecule has 2 fully saturated rings. The van der Waals surface area contributed by atoms with Crippen molar-refractivity contribution in [3.05, 3.63) is 17.4 Å². The van der Waals surface area contributed by atoms with Gasteiger partial charge in [0.25, 0.3) is 5.91 Å². The Balaban J connectivity index is 1.42. The number of hydrogen-bond acceptors (Lipinski definition) is 6. The van der Waals surface area contributed by atoms with E-state index in [4.69, 9.17) is 4.74 Å². The number of halogens is 1. The van der Waals surface area contributed by atoms with Gasteiger partial charge in [-0.15, -0.1) is 0 Å². The molecule has 4 N–H and O–H groups in total. The predicted octanol–water partition coefficient (Wildman–Crippen LogP) is 0.00890. The third-order valence-corrected chi connectivity index (χ3v) is 6.01. The number of benzene rings is 1. The van der Waals surface area contributed by atoms with Crippen molar-refractivity contribution in [1.29, 1.82) is 0 Å². The molecule has 2 unspecified atom stereocenters. The largest absolute Gasteiger partial charge is 0.506 e. The van der Waals surface area contributed by atoms with E-state index in [2.05, 4.69) is 15.4 Å². The minimum absolute atomic E-state index is 0.00984. The number of carbonyl (C=O) groups is 1. The van der Waals surface area contributed by atoms with Crippen molar-refractivity contribution in [3.8, 4) is 5.75 Å². The van der Waals surface area contributed by atoms with Gasteiger partial charge < -0.3 is 20.5 Å². The highest BCUT2D eigenvalue weighted by atomic mass is 32.2. The number of nitrogens with one attached hydrogen (secondary N) is 3. The molecule has 0 aromatic heterocycles. The van der Waals surface area contributed by atoms with Gasteiger partial charge in [0.05, 0.1) is 13.2 Å². The molecule has 2 atom stereocenters. The number of fused-ring (bicyclic) bond motifs is 1. The zero-order valence-electron chi connectivity index (χ0n) is 14.1. The van der Waals surface area contributed by atoms with Crippen LogP contribution in [0.15, 0.2) is 6.07 Å². The molecule has 142 valence electrons. The Morgan fingerprint density at radius 2 is 2.27 bits per heavy atom. The maximum absolute atomic E-state index is 15.0. The van der Waals surface area contributed by atoms with E-state index < -0.39 is 22.9 Å². The van der Waals surface area contributed by atoms with Gasteiger partial charge in [-0.25, -0.2) is 8.60 Å². The lowest BCUT2D eigenvalue weighted by Crippen LogP contribution is -2.35. The third kappa shape index (κ3) is 3.24. The summed E-state index contributed by atoms with van der Waals surface area (Å²) in [5, 5.41) is 16.8. The number of ether oxygens (including phenoxy) is 1. The zero-order valence-corrected chi connectivity index (χ0v) is 14.9. The van der Waals surface area contributed by atoms with Crippen molar-refractivity contribution in [2.24, 2.45) is 5.92 Å². The van der Waals surface area contributed by atoms with E-state index in [1.165, 1.54) is 6.07 Å². The molecule has 2 saturated heterocycles. The van der Waals surface area contributed by atoms with Crippen LogP contribution in [0.2, 0.25) is 0 Å². The normalized spacial score (nSPS) is 25.0. The molecular formula is C16H21FN4O4S. The van der Waals surface area contributed by atoms with Crippen LogP contribution >= 0.6 is 0 Å². The number of phenolic OH excluding ortho intramolecular Hbond substituents is 1. The molecule has 10 heteroatoms. The van der Waals surface area contributed by atoms with E-state index in [0.29, 0.717) is 30.1 Å². The second kappa shape index (κ2) is 7.01. The molecule has 4 rings (SSSR count). The fourth-order valence-corrected chi connectivity index (χ4v) is 4.38. The van der Waals surface area contributed by atoms with Gasteiger partial charge in [-0.05, 0) is 19.4 Å². The minimum Gasteiger partial charge on any atom is -0.506 e. The highest BCUT2D eigenvalue weighted by molar-refractivity contribution is 7.85. The Hall–Kier alpha value is -1.91. The van der Waals surface area contributed by atoms with Gasteiger partial charge in [-0.2, -0.15) is 0 Å². The van der Waals surface area contributed by atoms with Crippen molar-refractivity contribution < 1.29 is 23.2 Å². The number of carbonyl (C=O) groups excluding carboxylic acids is 1. The molecule has 0 bridgehead atoms. The Kier molecular flexibility index (Phi) is 4.72. The Morgan fingerprint density at radius 1 is 1.46 bits per heavy atom. The Bertz CT molecular complexity index is 758. The van der Waals surface area contributed by atoms with E-state index in [-0.39, 0.29) is 24.0 Å². The smallest absolute Gasteiger partial charge is 0.253 e. The Labute approximate surface area is 152 Å². The van der Waals surface area contributed by atoms with Gasteiger partial charge in [0.15, 0.2) is 5.82 Å². The summed E-state index contributed by atoms with van der Waals surface area (Å²) in [6.07, 6.45) is 1.51. The lowest BCUT2D eigenvalue weighted by atomic mass is 10.0. The first-order chi connectivity index (χ1) is 12.5. The van der Waals surface area contributed by atoms with Crippen molar-refractivity contribution in [2.75, 3.05) is 42.5 Å². The molecule has 1 aromatic rings. The summed E-state index contributed by atoms with van der Waals surface area (Å²) >= 11 is -1.88. The van der Waals surface area contributed by atoms with Gasteiger partial charge in [0, 0.05) is 35.8 Å². The molecule has 1 amide bonds. The molecule has 0 spiro atoms. The molecule has 3 aliphatic rings. The van der Waals surface area contributed by atoms with Crippen LogP contribution in [0, 0.1) is 11.7 Å². The van der Waals surface area contributed by atoms with Crippen LogP contribution in [0.1, 0.15) is 12.0 Å². The van der Waals surface area contributed by atoms with Crippen LogP contribution in [-0.2, 0) is 27.1 Å². The summed E-state index contributed by atoms with van der Waals surface area (Å²) in [4.78, 5) is 11.4. The van der Waals surface area contributed by atoms with Crippen LogP contribution in [0.25, 0.3) is 0 Å². The van der Waals surface area contributed by atoms with Crippen LogP contribution < -0.4 is 19.7 Å². The first-order valence-corrected chi connectivity index (χ1v) is 9.72. The highest BCUT2D eigenvalue weighted by Gasteiger charge is 2.35. The number of nitrogens with zero attached hydrogens (tertiary/aromatic N) is 1. The fraction of sp³-hybridized carbons (Fsp3) is 0.562. The van der Waals surface area contributed by atoms with Gasteiger partial charge in [-0.1, -0.05) is 0 Å². The molecule has 0 saturated carbocycles. The van der Waals surface area contributed by atoms with Crippen LogP contribution in [0.3, 0.4) is 0 Å². The van der Waals surface area contributed by atoms with Crippen molar-refractivity contribution in [2.45, 2.75) is 18.9 Å². The summed E-state index contributed by atoms with van der Waals surface area (Å²) in [5.41, 5.74) is 0.779. The Morgan fingerprint density at radius 3 is 2.92 bits per heavy atom. The molecular weight excluding hydrogens is 363 g/mol. The number of aromatic hydroxyl groups is 1. The lowest BCUT2D eigenvalue weighted by Gasteiger charge is -2.26. The number of anilines is 2. The maximum atomic E-state index is 15.0. The van der Waals surface area contributed by atoms with Crippen LogP contribution in [-0.4, -0.2) is 54.1 Å². The molecule has 26 heavy (non-hydrogen) atoms. The molecule has 0 aliphatic carbocycles. The van der Waals surface area contributed by atoms with Crippen LogP contribution in [0.4, 0.5) is 15.8 Å². The molecule has 1 aromatic carbocycles. The SMILES string of the molecule is O=C1CN(c2c(O)cc3c(c2F)CC(CNCCC2COC2)N3)S(=O)N1. The van der Waals surface area contributed by atoms with Gasteiger partial charge in [-0.3, -0.25) is 13.8 Å². The first-order valence-electron chi connectivity index (χ1n) is 8.61. The summed E-state index contributed by atoms with van der Waals surface area (Å²) in [5.74, 6) is -0.811. The second-order valence-electron chi connectivity index (χ2n) is 6.84. The summed E-state index contributed by atoms with van der Waals surface area (Å²) in [6.45, 7) is 2.96. The standard InChI is InChI=1S/C16H21FN4O4S/c17-15-11-3-10(5-18-2-1-9-7-25-8-9)19-12(11)4-13(22)16(15)21-6-14(23)20-26(21)24/h4,9-10,18-19,22H,1-3,5-8H2,(H,20,23). The van der Waals surface area contributed by atoms with E-state index in [1.807, 2.05) is 0 Å². The zero-order chi connectivity index (χ0) is 18.3. The van der Waals surface area contributed by atoms with E-state index in [1.54, 1.807) is 0 Å². The van der Waals surface area contributed by atoms with Gasteiger partial charge in [0.1, 0.15) is 18.0 Å². The number of rotatable bonds is 6. The average molecular weight is 384 g/mol. The molecule has 3 heterocycles. The summed E-state index contributed by atoms with van der Waals surface area (Å²) < 4.78 is 35.2. The quantitative estimate of drug-likeness (QED) is 0.516. The fourth-order valence-electron chi connectivity index (χ4n) is 3.44. The predicted molar refractivity (Wildman–Crippen MR) is 94.6 cm³/mol. The average Bonchev–Trinajstić information content (AvgIpc) is 3.08. The maximum Gasteiger partial charge on any atom is 0.253 e. The molecule has 0 radical (unpaired) electrons. The minimum atomic E-state index is -1.88. The van der Waals surface area contributed by atoms with E-state index in [9.17, 15) is 18.5 Å². The topological polar surface area (TPSA) is 103 Å². The van der Waals surface area contributed by atoms with Crippen molar-refractivity contribution in [3.63, 3.8) is 0 Å². The number of amides is 1. The van der Waals surface area contributed by atoms with Gasteiger partial charge >= 0.3 is 0 Å². The number of hydrogen-bond donors (Lipinski definition) is 4. The number of phenols is 1.